The Labute approximate surface area is 127 Å². The van der Waals surface area contributed by atoms with Crippen molar-refractivity contribution in [3.63, 3.8) is 0 Å². The number of rotatable bonds is 4. The van der Waals surface area contributed by atoms with Crippen molar-refractivity contribution in [2.75, 3.05) is 10.5 Å². The molecule has 1 heterocycles. The molecule has 1 aromatic heterocycles. The number of aryl methyl sites for hydroxylation is 1. The van der Waals surface area contributed by atoms with Gasteiger partial charge in [-0.3, -0.25) is 4.72 Å². The van der Waals surface area contributed by atoms with Crippen LogP contribution in [0.15, 0.2) is 22.4 Å². The first-order valence-electron chi connectivity index (χ1n) is 6.24. The molecule has 5 nitrogen and oxygen atoms in total. The van der Waals surface area contributed by atoms with Crippen molar-refractivity contribution >= 4 is 32.2 Å². The Bertz CT molecular complexity index is 770. The van der Waals surface area contributed by atoms with Gasteiger partial charge in [-0.25, -0.2) is 17.8 Å². The van der Waals surface area contributed by atoms with E-state index in [1.54, 1.807) is 5.38 Å². The molecular weight excluding hydrogens is 313 g/mol. The summed E-state index contributed by atoms with van der Waals surface area (Å²) in [6.45, 7) is 5.37. The number of nitrogens with two attached hydrogens (primary N) is 1. The Kier molecular flexibility index (Phi) is 4.20. The lowest BCUT2D eigenvalue weighted by atomic mass is 10.2. The summed E-state index contributed by atoms with van der Waals surface area (Å²) >= 11 is 1.16. The molecule has 0 amide bonds. The summed E-state index contributed by atoms with van der Waals surface area (Å²) in [5.41, 5.74) is 6.74. The van der Waals surface area contributed by atoms with Gasteiger partial charge in [0.1, 0.15) is 10.7 Å². The minimum atomic E-state index is -4.06. The van der Waals surface area contributed by atoms with Crippen molar-refractivity contribution < 1.29 is 12.8 Å². The monoisotopic (exact) mass is 329 g/mol. The number of hydrogen-bond acceptors (Lipinski definition) is 5. The number of benzene rings is 1. The molecule has 0 aliphatic carbocycles. The highest BCUT2D eigenvalue weighted by Gasteiger charge is 2.22. The summed E-state index contributed by atoms with van der Waals surface area (Å²) in [6, 6.07) is 2.48. The number of sulfonamides is 1. The highest BCUT2D eigenvalue weighted by Crippen LogP contribution is 2.26. The fraction of sp³-hybridized carbons (Fsp3) is 0.308. The average molecular weight is 329 g/mol. The minimum absolute atomic E-state index is 0.178. The van der Waals surface area contributed by atoms with Gasteiger partial charge >= 0.3 is 0 Å². The van der Waals surface area contributed by atoms with Crippen LogP contribution in [0.2, 0.25) is 0 Å². The summed E-state index contributed by atoms with van der Waals surface area (Å²) in [6.07, 6.45) is 0. The first-order chi connectivity index (χ1) is 9.70. The number of thiazole rings is 1. The van der Waals surface area contributed by atoms with Gasteiger partial charge in [0, 0.05) is 11.1 Å². The summed E-state index contributed by atoms with van der Waals surface area (Å²) in [5.74, 6) is -0.622. The van der Waals surface area contributed by atoms with Gasteiger partial charge in [0.15, 0.2) is 5.13 Å². The minimum Gasteiger partial charge on any atom is -0.399 e. The van der Waals surface area contributed by atoms with E-state index in [-0.39, 0.29) is 22.3 Å². The van der Waals surface area contributed by atoms with E-state index in [0.29, 0.717) is 0 Å². The molecule has 2 rings (SSSR count). The number of halogens is 1. The van der Waals surface area contributed by atoms with E-state index in [0.717, 1.165) is 23.1 Å². The second-order valence-corrected chi connectivity index (χ2v) is 7.50. The van der Waals surface area contributed by atoms with Gasteiger partial charge in [-0.15, -0.1) is 11.3 Å². The van der Waals surface area contributed by atoms with Gasteiger partial charge in [-0.05, 0) is 30.5 Å². The van der Waals surface area contributed by atoms with E-state index >= 15 is 0 Å². The zero-order valence-corrected chi connectivity index (χ0v) is 13.5. The van der Waals surface area contributed by atoms with Crippen LogP contribution in [-0.2, 0) is 10.0 Å². The lowest BCUT2D eigenvalue weighted by Gasteiger charge is -2.09. The molecule has 114 valence electrons. The zero-order valence-electron chi connectivity index (χ0n) is 11.8. The summed E-state index contributed by atoms with van der Waals surface area (Å²) in [7, 11) is -4.06. The number of nitrogen functional groups attached to an aromatic ring is 1. The van der Waals surface area contributed by atoms with Gasteiger partial charge in [0.2, 0.25) is 0 Å². The smallest absolute Gasteiger partial charge is 0.266 e. The molecule has 1 aromatic carbocycles. The van der Waals surface area contributed by atoms with Gasteiger partial charge in [0.25, 0.3) is 10.0 Å². The van der Waals surface area contributed by atoms with Gasteiger partial charge < -0.3 is 5.73 Å². The van der Waals surface area contributed by atoms with E-state index in [4.69, 9.17) is 5.73 Å². The molecule has 21 heavy (non-hydrogen) atoms. The predicted octanol–water partition coefficient (Wildman–Crippen LogP) is 3.10. The third-order valence-corrected chi connectivity index (χ3v) is 5.11. The van der Waals surface area contributed by atoms with Gasteiger partial charge in [-0.1, -0.05) is 13.8 Å². The van der Waals surface area contributed by atoms with Crippen LogP contribution in [0.25, 0.3) is 0 Å². The summed E-state index contributed by atoms with van der Waals surface area (Å²) in [4.78, 5) is 3.70. The molecule has 0 aliphatic heterocycles. The molecule has 3 N–H and O–H groups in total. The SMILES string of the molecule is Cc1cc(N)cc(S(=O)(=O)Nc2nc(C(C)C)cs2)c1F. The normalized spacial score (nSPS) is 11.9. The Morgan fingerprint density at radius 3 is 2.62 bits per heavy atom. The van der Waals surface area contributed by atoms with Gasteiger partial charge in [0.05, 0.1) is 5.69 Å². The predicted molar refractivity (Wildman–Crippen MR) is 82.6 cm³/mol. The van der Waals surface area contributed by atoms with Crippen LogP contribution in [0.4, 0.5) is 15.2 Å². The maximum Gasteiger partial charge on any atom is 0.266 e. The molecular formula is C13H16FN3O2S2. The first-order valence-corrected chi connectivity index (χ1v) is 8.61. The van der Waals surface area contributed by atoms with Crippen LogP contribution >= 0.6 is 11.3 Å². The molecule has 0 fully saturated rings. The lowest BCUT2D eigenvalue weighted by molar-refractivity contribution is 0.565. The topological polar surface area (TPSA) is 85.1 Å². The highest BCUT2D eigenvalue weighted by atomic mass is 32.2. The quantitative estimate of drug-likeness (QED) is 0.844. The fourth-order valence-electron chi connectivity index (χ4n) is 1.73. The molecule has 0 unspecified atom stereocenters. The molecule has 0 spiro atoms. The third-order valence-electron chi connectivity index (χ3n) is 2.87. The van der Waals surface area contributed by atoms with Crippen LogP contribution in [0, 0.1) is 12.7 Å². The number of nitrogens with zero attached hydrogens (tertiary/aromatic N) is 1. The maximum absolute atomic E-state index is 14.0. The van der Waals surface area contributed by atoms with Crippen molar-refractivity contribution in [3.8, 4) is 0 Å². The van der Waals surface area contributed by atoms with Crippen LogP contribution < -0.4 is 10.5 Å². The molecule has 2 aromatic rings. The van der Waals surface area contributed by atoms with Crippen molar-refractivity contribution in [2.45, 2.75) is 31.6 Å². The number of nitrogens with one attached hydrogen (secondary N) is 1. The third kappa shape index (κ3) is 3.33. The van der Waals surface area contributed by atoms with Crippen molar-refractivity contribution in [2.24, 2.45) is 0 Å². The van der Waals surface area contributed by atoms with Crippen molar-refractivity contribution in [3.05, 3.63) is 34.6 Å². The number of hydrogen-bond donors (Lipinski definition) is 2. The molecule has 0 atom stereocenters. The second-order valence-electron chi connectivity index (χ2n) is 4.99. The van der Waals surface area contributed by atoms with Crippen LogP contribution in [0.1, 0.15) is 31.0 Å². The van der Waals surface area contributed by atoms with Crippen LogP contribution in [-0.4, -0.2) is 13.4 Å². The first kappa shape index (κ1) is 15.7. The molecule has 0 saturated heterocycles. The van der Waals surface area contributed by atoms with E-state index in [1.165, 1.54) is 13.0 Å². The van der Waals surface area contributed by atoms with Crippen LogP contribution in [0.3, 0.4) is 0 Å². The average Bonchev–Trinajstić information content (AvgIpc) is 2.81. The lowest BCUT2D eigenvalue weighted by Crippen LogP contribution is -2.15. The zero-order chi connectivity index (χ0) is 15.8. The Balaban J connectivity index is 2.38. The second kappa shape index (κ2) is 5.61. The van der Waals surface area contributed by atoms with Crippen LogP contribution in [0.5, 0.6) is 0 Å². The Morgan fingerprint density at radius 1 is 1.38 bits per heavy atom. The van der Waals surface area contributed by atoms with E-state index in [9.17, 15) is 12.8 Å². The fourth-order valence-corrected chi connectivity index (χ4v) is 4.04. The molecule has 0 saturated carbocycles. The highest BCUT2D eigenvalue weighted by molar-refractivity contribution is 7.93. The molecule has 0 radical (unpaired) electrons. The van der Waals surface area contributed by atoms with Crippen molar-refractivity contribution in [1.82, 2.24) is 4.98 Å². The van der Waals surface area contributed by atoms with E-state index in [1.807, 2.05) is 13.8 Å². The molecule has 0 bridgehead atoms. The van der Waals surface area contributed by atoms with E-state index < -0.39 is 20.7 Å². The molecule has 0 aliphatic rings. The summed E-state index contributed by atoms with van der Waals surface area (Å²) in [5, 5.41) is 1.97. The van der Waals surface area contributed by atoms with E-state index in [2.05, 4.69) is 9.71 Å². The maximum atomic E-state index is 14.0. The largest absolute Gasteiger partial charge is 0.399 e. The number of aromatic nitrogens is 1. The van der Waals surface area contributed by atoms with Gasteiger partial charge in [-0.2, -0.15) is 0 Å². The molecule has 8 heteroatoms. The van der Waals surface area contributed by atoms with Crippen molar-refractivity contribution in [1.29, 1.82) is 0 Å². The number of anilines is 2. The Morgan fingerprint density at radius 2 is 2.05 bits per heavy atom. The summed E-state index contributed by atoms with van der Waals surface area (Å²) < 4.78 is 40.8. The Hall–Kier alpha value is -1.67. The standard InChI is InChI=1S/C13H16FN3O2S2/c1-7(2)10-6-20-13(16-10)17-21(18,19)11-5-9(15)4-8(3)12(11)14/h4-7H,15H2,1-3H3,(H,16,17).